The lowest BCUT2D eigenvalue weighted by molar-refractivity contribution is -0.208. The molecule has 3 unspecified atom stereocenters. The number of halogens is 1. The normalized spacial score (nSPS) is 23.0. The molecule has 3 aromatic heterocycles. The van der Waals surface area contributed by atoms with Gasteiger partial charge in [-0.25, -0.2) is 14.6 Å². The van der Waals surface area contributed by atoms with E-state index in [0.29, 0.717) is 20.1 Å². The molecular weight excluding hydrogens is 600 g/mol. The van der Waals surface area contributed by atoms with Crippen LogP contribution < -0.4 is 0 Å². The van der Waals surface area contributed by atoms with Crippen LogP contribution in [0.15, 0.2) is 33.2 Å². The summed E-state index contributed by atoms with van der Waals surface area (Å²) in [5.41, 5.74) is 0.853. The van der Waals surface area contributed by atoms with Gasteiger partial charge in [0.15, 0.2) is 11.8 Å². The van der Waals surface area contributed by atoms with E-state index < -0.39 is 41.7 Å². The van der Waals surface area contributed by atoms with Crippen molar-refractivity contribution < 1.29 is 28.5 Å². The molecule has 0 N–H and O–H groups in total. The molecule has 15 heteroatoms. The summed E-state index contributed by atoms with van der Waals surface area (Å²) in [5, 5.41) is 20.8. The molecule has 1 fully saturated rings. The van der Waals surface area contributed by atoms with Gasteiger partial charge in [-0.3, -0.25) is 9.59 Å². The van der Waals surface area contributed by atoms with Gasteiger partial charge in [-0.1, -0.05) is 17.0 Å². The molecule has 5 atom stereocenters. The van der Waals surface area contributed by atoms with Gasteiger partial charge in [-0.05, 0) is 28.9 Å². The van der Waals surface area contributed by atoms with Gasteiger partial charge in [0.1, 0.15) is 47.1 Å². The van der Waals surface area contributed by atoms with E-state index in [0.717, 1.165) is 5.69 Å². The molecule has 12 nitrogen and oxygen atoms in total. The lowest BCUT2D eigenvalue weighted by Gasteiger charge is -2.44. The van der Waals surface area contributed by atoms with Crippen molar-refractivity contribution in [2.45, 2.75) is 55.5 Å². The first-order valence-corrected chi connectivity index (χ1v) is 13.8. The second-order valence-corrected chi connectivity index (χ2v) is 11.1. The lowest BCUT2D eigenvalue weighted by atomic mass is 9.96. The fraction of sp³-hybridized carbons (Fsp3) is 0.435. The molecule has 1 saturated heterocycles. The summed E-state index contributed by atoms with van der Waals surface area (Å²) < 4.78 is 25.4. The number of aryl methyl sites for hydroxylation is 1. The third kappa shape index (κ3) is 6.38. The van der Waals surface area contributed by atoms with E-state index in [9.17, 15) is 14.9 Å². The first-order valence-electron chi connectivity index (χ1n) is 11.3. The Morgan fingerprint density at radius 1 is 1.32 bits per heavy atom. The summed E-state index contributed by atoms with van der Waals surface area (Å²) in [6, 6.07) is 3.09. The van der Waals surface area contributed by atoms with Gasteiger partial charge in [0.05, 0.1) is 6.20 Å². The van der Waals surface area contributed by atoms with Crippen molar-refractivity contribution in [2.75, 3.05) is 13.7 Å². The molecule has 0 radical (unpaired) electrons. The Morgan fingerprint density at radius 2 is 2.11 bits per heavy atom. The number of thiazole rings is 1. The van der Waals surface area contributed by atoms with Gasteiger partial charge in [0.25, 0.3) is 0 Å². The predicted molar refractivity (Wildman–Crippen MR) is 139 cm³/mol. The average Bonchev–Trinajstić information content (AvgIpc) is 3.52. The number of methoxy groups -OCH3 is 1. The molecule has 1 aliphatic rings. The zero-order valence-corrected chi connectivity index (χ0v) is 23.9. The van der Waals surface area contributed by atoms with Crippen molar-refractivity contribution in [3.63, 3.8) is 0 Å². The molecule has 4 rings (SSSR count). The first kappa shape index (κ1) is 28.1. The minimum absolute atomic E-state index is 0.188. The number of esters is 2. The summed E-state index contributed by atoms with van der Waals surface area (Å²) in [7, 11) is 1.50. The number of rotatable bonds is 8. The third-order valence-electron chi connectivity index (χ3n) is 5.46. The molecule has 200 valence electrons. The van der Waals surface area contributed by atoms with Crippen LogP contribution in [0.25, 0.3) is 10.7 Å². The van der Waals surface area contributed by atoms with E-state index in [4.69, 9.17) is 18.9 Å². The Hall–Kier alpha value is -2.90. The van der Waals surface area contributed by atoms with Crippen LogP contribution >= 0.6 is 39.0 Å². The zero-order chi connectivity index (χ0) is 27.4. The Kier molecular flexibility index (Phi) is 9.11. The summed E-state index contributed by atoms with van der Waals surface area (Å²) in [6.07, 6.45) is 0.659. The van der Waals surface area contributed by atoms with E-state index in [-0.39, 0.29) is 12.3 Å². The molecule has 0 bridgehead atoms. The molecule has 0 aliphatic carbocycles. The molecule has 0 saturated carbocycles. The molecule has 4 heterocycles. The van der Waals surface area contributed by atoms with Crippen molar-refractivity contribution in [3.8, 4) is 16.8 Å². The van der Waals surface area contributed by atoms with Gasteiger partial charge < -0.3 is 18.9 Å². The van der Waals surface area contributed by atoms with Crippen molar-refractivity contribution >= 4 is 51.0 Å². The highest BCUT2D eigenvalue weighted by Gasteiger charge is 2.50. The summed E-state index contributed by atoms with van der Waals surface area (Å²) in [6.45, 7) is 4.25. The number of nitriles is 1. The quantitative estimate of drug-likeness (QED) is 0.339. The van der Waals surface area contributed by atoms with Crippen LogP contribution in [0.5, 0.6) is 0 Å². The standard InChI is InChI=1S/C23H23BrN6O6S2/c1-11-10-37-22(27-11)16-8-30(29-28-16)19-20(35-13(3)32)17(9-34-12(2)31)36-23(21(19)33-4)38-18-5-14(24)7-26-15(18)6-25/h5,7-8,10,17,19-21,23H,9H2,1-4H3/t17?,19?,20-,21?,23+/m0/s1. The number of ether oxygens (including phenoxy) is 4. The Bertz CT molecular complexity index is 1360. The molecule has 0 spiro atoms. The Balaban J connectivity index is 1.77. The molecule has 1 aliphatic heterocycles. The van der Waals surface area contributed by atoms with Crippen LogP contribution in [0.2, 0.25) is 0 Å². The monoisotopic (exact) mass is 622 g/mol. The predicted octanol–water partition coefficient (Wildman–Crippen LogP) is 3.31. The van der Waals surface area contributed by atoms with Crippen LogP contribution in [0.1, 0.15) is 31.3 Å². The summed E-state index contributed by atoms with van der Waals surface area (Å²) >= 11 is 6.03. The van der Waals surface area contributed by atoms with E-state index in [1.54, 1.807) is 16.9 Å². The van der Waals surface area contributed by atoms with Crippen molar-refractivity contribution in [1.29, 1.82) is 5.26 Å². The maximum Gasteiger partial charge on any atom is 0.303 e. The Labute approximate surface area is 234 Å². The molecular formula is C23H23BrN6O6S2. The third-order valence-corrected chi connectivity index (χ3v) is 8.06. The minimum atomic E-state index is -0.947. The van der Waals surface area contributed by atoms with Gasteiger partial charge in [0.2, 0.25) is 0 Å². The molecule has 38 heavy (non-hydrogen) atoms. The van der Waals surface area contributed by atoms with Crippen molar-refractivity contribution in [1.82, 2.24) is 25.0 Å². The fourth-order valence-corrected chi connectivity index (χ4v) is 6.41. The second kappa shape index (κ2) is 12.3. The topological polar surface area (TPSA) is 151 Å². The van der Waals surface area contributed by atoms with Gasteiger partial charge in [-0.15, -0.1) is 16.4 Å². The van der Waals surface area contributed by atoms with Crippen LogP contribution in [-0.2, 0) is 28.5 Å². The number of hydrogen-bond donors (Lipinski definition) is 0. The van der Waals surface area contributed by atoms with E-state index >= 15 is 0 Å². The zero-order valence-electron chi connectivity index (χ0n) is 20.7. The van der Waals surface area contributed by atoms with Crippen LogP contribution in [0.3, 0.4) is 0 Å². The number of carbonyl (C=O) groups excluding carboxylic acids is 2. The van der Waals surface area contributed by atoms with Gasteiger partial charge >= 0.3 is 11.9 Å². The maximum atomic E-state index is 12.2. The summed E-state index contributed by atoms with van der Waals surface area (Å²) in [5.74, 6) is -1.08. The Morgan fingerprint density at radius 3 is 2.74 bits per heavy atom. The SMILES string of the molecule is COC1C(n2cc(-c3nc(C)cs3)nn2)[C@@H](OC(C)=O)C(COC(C)=O)O[C@@H]1Sc1cc(Br)cnc1C#N. The second-order valence-electron chi connectivity index (χ2n) is 8.22. The maximum absolute atomic E-state index is 12.2. The number of pyridine rings is 1. The largest absolute Gasteiger partial charge is 0.463 e. The minimum Gasteiger partial charge on any atom is -0.463 e. The number of hydrogen-bond acceptors (Lipinski definition) is 13. The van der Waals surface area contributed by atoms with Crippen LogP contribution in [-0.4, -0.2) is 74.4 Å². The first-order chi connectivity index (χ1) is 18.2. The van der Waals surface area contributed by atoms with Crippen LogP contribution in [0, 0.1) is 18.3 Å². The van der Waals surface area contributed by atoms with Crippen LogP contribution in [0.4, 0.5) is 0 Å². The fourth-order valence-electron chi connectivity index (χ4n) is 3.92. The molecule has 0 aromatic carbocycles. The average molecular weight is 624 g/mol. The van der Waals surface area contributed by atoms with Gasteiger partial charge in [-0.2, -0.15) is 5.26 Å². The highest BCUT2D eigenvalue weighted by molar-refractivity contribution is 9.10. The smallest absolute Gasteiger partial charge is 0.303 e. The molecule has 3 aromatic rings. The van der Waals surface area contributed by atoms with E-state index in [1.807, 2.05) is 12.3 Å². The van der Waals surface area contributed by atoms with E-state index in [1.165, 1.54) is 50.3 Å². The highest BCUT2D eigenvalue weighted by atomic mass is 79.9. The van der Waals surface area contributed by atoms with Crippen molar-refractivity contribution in [2.24, 2.45) is 0 Å². The summed E-state index contributed by atoms with van der Waals surface area (Å²) in [4.78, 5) is 33.0. The number of aromatic nitrogens is 5. The van der Waals surface area contributed by atoms with Crippen molar-refractivity contribution in [3.05, 3.63) is 39.7 Å². The number of carbonyl (C=O) groups is 2. The number of thioether (sulfide) groups is 1. The lowest BCUT2D eigenvalue weighted by Crippen LogP contribution is -2.57. The molecule has 0 amide bonds. The van der Waals surface area contributed by atoms with E-state index in [2.05, 4.69) is 42.3 Å². The van der Waals surface area contributed by atoms with Gasteiger partial charge in [0, 0.05) is 47.6 Å². The highest BCUT2D eigenvalue weighted by Crippen LogP contribution is 2.42. The number of nitrogens with zero attached hydrogens (tertiary/aromatic N) is 6.